The lowest BCUT2D eigenvalue weighted by Gasteiger charge is -2.33. The molecule has 1 fully saturated rings. The zero-order valence-electron chi connectivity index (χ0n) is 13.1. The predicted molar refractivity (Wildman–Crippen MR) is 85.3 cm³/mol. The number of hydrogen-bond acceptors (Lipinski definition) is 4. The smallest absolute Gasteiger partial charge is 0.272 e. The van der Waals surface area contributed by atoms with E-state index in [1.54, 1.807) is 18.2 Å². The molecule has 1 aliphatic rings. The molecule has 0 bridgehead atoms. The maximum Gasteiger partial charge on any atom is 0.272 e. The molecular weight excluding hydrogens is 352 g/mol. The summed E-state index contributed by atoms with van der Waals surface area (Å²) in [5, 5.41) is 0. The summed E-state index contributed by atoms with van der Waals surface area (Å²) in [5.74, 6) is -2.60. The molecule has 0 unspecified atom stereocenters. The first-order valence-electron chi connectivity index (χ1n) is 7.55. The van der Waals surface area contributed by atoms with Crippen molar-refractivity contribution in [2.45, 2.75) is 4.90 Å². The third kappa shape index (κ3) is 3.52. The van der Waals surface area contributed by atoms with Crippen molar-refractivity contribution >= 4 is 15.9 Å². The van der Waals surface area contributed by atoms with Crippen LogP contribution < -0.4 is 0 Å². The molecule has 1 aromatic heterocycles. The van der Waals surface area contributed by atoms with E-state index in [4.69, 9.17) is 0 Å². The Kier molecular flexibility index (Phi) is 4.78. The maximum absolute atomic E-state index is 13.3. The number of sulfonamides is 1. The van der Waals surface area contributed by atoms with E-state index in [1.165, 1.54) is 11.1 Å². The number of aromatic nitrogens is 1. The number of benzene rings is 1. The number of hydrogen-bond donors (Lipinski definition) is 0. The minimum atomic E-state index is -3.94. The van der Waals surface area contributed by atoms with Crippen molar-refractivity contribution in [3.8, 4) is 0 Å². The highest BCUT2D eigenvalue weighted by Gasteiger charge is 2.31. The third-order valence-electron chi connectivity index (χ3n) is 3.94. The number of carbonyl (C=O) groups is 1. The van der Waals surface area contributed by atoms with Crippen LogP contribution in [0.5, 0.6) is 0 Å². The molecule has 0 N–H and O–H groups in total. The van der Waals surface area contributed by atoms with Gasteiger partial charge in [0.25, 0.3) is 5.91 Å². The van der Waals surface area contributed by atoms with Gasteiger partial charge in [-0.3, -0.25) is 9.78 Å². The highest BCUT2D eigenvalue weighted by molar-refractivity contribution is 7.89. The molecule has 0 radical (unpaired) electrons. The predicted octanol–water partition coefficient (Wildman–Crippen LogP) is 1.51. The Hall–Kier alpha value is -2.39. The number of carbonyl (C=O) groups excluding carboxylic acids is 1. The first-order valence-corrected chi connectivity index (χ1v) is 8.99. The largest absolute Gasteiger partial charge is 0.335 e. The monoisotopic (exact) mass is 367 g/mol. The van der Waals surface area contributed by atoms with Gasteiger partial charge in [0.1, 0.15) is 5.69 Å². The zero-order valence-corrected chi connectivity index (χ0v) is 13.9. The minimum absolute atomic E-state index is 0.0693. The fourth-order valence-corrected chi connectivity index (χ4v) is 4.00. The Morgan fingerprint density at radius 2 is 1.72 bits per heavy atom. The standard InChI is InChI=1S/C16H15F2N3O3S/c17-13-5-4-12(11-14(13)18)25(23,24)21-9-7-20(8-10-21)16(22)15-3-1-2-6-19-15/h1-6,11H,7-10H2. The fraction of sp³-hybridized carbons (Fsp3) is 0.250. The Bertz CT molecular complexity index is 883. The summed E-state index contributed by atoms with van der Waals surface area (Å²) >= 11 is 0. The molecule has 0 spiro atoms. The second-order valence-electron chi connectivity index (χ2n) is 5.49. The van der Waals surface area contributed by atoms with Crippen LogP contribution in [-0.4, -0.2) is 54.7 Å². The molecule has 2 aromatic rings. The molecule has 1 aromatic carbocycles. The summed E-state index contributed by atoms with van der Waals surface area (Å²) < 4.78 is 52.5. The number of amides is 1. The van der Waals surface area contributed by atoms with Crippen molar-refractivity contribution in [2.75, 3.05) is 26.2 Å². The quantitative estimate of drug-likeness (QED) is 0.825. The van der Waals surface area contributed by atoms with Crippen LogP contribution in [0.4, 0.5) is 8.78 Å². The number of rotatable bonds is 3. The molecular formula is C16H15F2N3O3S. The van der Waals surface area contributed by atoms with E-state index in [2.05, 4.69) is 4.98 Å². The molecule has 0 aliphatic carbocycles. The molecule has 1 amide bonds. The molecule has 2 heterocycles. The molecule has 9 heteroatoms. The first-order chi connectivity index (χ1) is 11.9. The molecule has 0 saturated carbocycles. The average Bonchev–Trinajstić information content (AvgIpc) is 2.64. The van der Waals surface area contributed by atoms with Crippen LogP contribution >= 0.6 is 0 Å². The number of pyridine rings is 1. The summed E-state index contributed by atoms with van der Waals surface area (Å²) in [6, 6.07) is 7.46. The van der Waals surface area contributed by atoms with E-state index >= 15 is 0 Å². The summed E-state index contributed by atoms with van der Waals surface area (Å²) in [5.41, 5.74) is 0.291. The van der Waals surface area contributed by atoms with E-state index in [-0.39, 0.29) is 37.0 Å². The lowest BCUT2D eigenvalue weighted by Crippen LogP contribution is -2.50. The van der Waals surface area contributed by atoms with Gasteiger partial charge in [0, 0.05) is 32.4 Å². The van der Waals surface area contributed by atoms with Gasteiger partial charge >= 0.3 is 0 Å². The van der Waals surface area contributed by atoms with Crippen molar-refractivity contribution < 1.29 is 22.0 Å². The van der Waals surface area contributed by atoms with Crippen molar-refractivity contribution in [1.82, 2.24) is 14.2 Å². The van der Waals surface area contributed by atoms with Crippen LogP contribution in [0.2, 0.25) is 0 Å². The van der Waals surface area contributed by atoms with Crippen molar-refractivity contribution in [3.63, 3.8) is 0 Å². The lowest BCUT2D eigenvalue weighted by atomic mass is 10.3. The van der Waals surface area contributed by atoms with Gasteiger partial charge in [-0.15, -0.1) is 0 Å². The van der Waals surface area contributed by atoms with Gasteiger partial charge in [0.15, 0.2) is 11.6 Å². The number of piperazine rings is 1. The molecule has 3 rings (SSSR count). The van der Waals surface area contributed by atoms with E-state index in [0.29, 0.717) is 11.8 Å². The van der Waals surface area contributed by atoms with Crippen LogP contribution in [0.15, 0.2) is 47.5 Å². The van der Waals surface area contributed by atoms with Crippen LogP contribution in [0.3, 0.4) is 0 Å². The highest BCUT2D eigenvalue weighted by atomic mass is 32.2. The van der Waals surface area contributed by atoms with Crippen LogP contribution in [-0.2, 0) is 10.0 Å². The summed E-state index contributed by atoms with van der Waals surface area (Å²) in [7, 11) is -3.94. The zero-order chi connectivity index (χ0) is 18.0. The topological polar surface area (TPSA) is 70.6 Å². The Labute approximate surface area is 143 Å². The summed E-state index contributed by atoms with van der Waals surface area (Å²) in [4.78, 5) is 17.5. The number of halogens is 2. The van der Waals surface area contributed by atoms with E-state index < -0.39 is 21.7 Å². The average molecular weight is 367 g/mol. The molecule has 6 nitrogen and oxygen atoms in total. The summed E-state index contributed by atoms with van der Waals surface area (Å²) in [6.45, 7) is 0.524. The van der Waals surface area contributed by atoms with Crippen LogP contribution in [0.25, 0.3) is 0 Å². The van der Waals surface area contributed by atoms with Gasteiger partial charge in [-0.1, -0.05) is 6.07 Å². The van der Waals surface area contributed by atoms with Gasteiger partial charge in [0.2, 0.25) is 10.0 Å². The first kappa shape index (κ1) is 17.4. The molecule has 1 saturated heterocycles. The molecule has 0 atom stereocenters. The van der Waals surface area contributed by atoms with Gasteiger partial charge in [-0.05, 0) is 30.3 Å². The van der Waals surface area contributed by atoms with E-state index in [0.717, 1.165) is 16.4 Å². The third-order valence-corrected chi connectivity index (χ3v) is 5.83. The van der Waals surface area contributed by atoms with E-state index in [9.17, 15) is 22.0 Å². The van der Waals surface area contributed by atoms with Crippen LogP contribution in [0, 0.1) is 11.6 Å². The Morgan fingerprint density at radius 1 is 1.00 bits per heavy atom. The second-order valence-corrected chi connectivity index (χ2v) is 7.43. The molecule has 132 valence electrons. The Morgan fingerprint density at radius 3 is 2.32 bits per heavy atom. The molecule has 25 heavy (non-hydrogen) atoms. The fourth-order valence-electron chi connectivity index (χ4n) is 2.57. The van der Waals surface area contributed by atoms with Crippen molar-refractivity contribution in [3.05, 3.63) is 59.9 Å². The van der Waals surface area contributed by atoms with Crippen molar-refractivity contribution in [2.24, 2.45) is 0 Å². The summed E-state index contributed by atoms with van der Waals surface area (Å²) in [6.07, 6.45) is 1.51. The molecule has 1 aliphatic heterocycles. The van der Waals surface area contributed by atoms with Gasteiger partial charge in [0.05, 0.1) is 4.90 Å². The minimum Gasteiger partial charge on any atom is -0.335 e. The van der Waals surface area contributed by atoms with Crippen LogP contribution in [0.1, 0.15) is 10.5 Å². The number of nitrogens with zero attached hydrogens (tertiary/aromatic N) is 3. The van der Waals surface area contributed by atoms with Crippen molar-refractivity contribution in [1.29, 1.82) is 0 Å². The normalized spacial score (nSPS) is 16.0. The van der Waals surface area contributed by atoms with Gasteiger partial charge < -0.3 is 4.90 Å². The Balaban J connectivity index is 1.71. The highest BCUT2D eigenvalue weighted by Crippen LogP contribution is 2.20. The second kappa shape index (κ2) is 6.85. The SMILES string of the molecule is O=C(c1ccccn1)N1CCN(S(=O)(=O)c2ccc(F)c(F)c2)CC1. The van der Waals surface area contributed by atoms with E-state index in [1.807, 2.05) is 0 Å². The lowest BCUT2D eigenvalue weighted by molar-refractivity contribution is 0.0692. The maximum atomic E-state index is 13.3. The van der Waals surface area contributed by atoms with Gasteiger partial charge in [-0.2, -0.15) is 4.31 Å². The van der Waals surface area contributed by atoms with Gasteiger partial charge in [-0.25, -0.2) is 17.2 Å².